The summed E-state index contributed by atoms with van der Waals surface area (Å²) in [4.78, 5) is 25.4. The number of Topliss-reactive ketones (excluding diaryl/α,β-unsaturated/α-hetero) is 1. The fraction of sp³-hybridized carbons (Fsp3) is 0.786. The number of fused-ring (bicyclic) bond motifs is 5. The van der Waals surface area contributed by atoms with Crippen LogP contribution in [0.5, 0.6) is 0 Å². The largest absolute Gasteiger partial charge is 0.381 e. The van der Waals surface area contributed by atoms with Gasteiger partial charge in [-0.15, -0.1) is 0 Å². The summed E-state index contributed by atoms with van der Waals surface area (Å²) in [5.74, 6) is 2.90. The molecule has 0 aromatic carbocycles. The van der Waals surface area contributed by atoms with Gasteiger partial charge in [0, 0.05) is 18.3 Å². The molecule has 0 aliphatic heterocycles. The molecule has 0 bridgehead atoms. The lowest BCUT2D eigenvalue weighted by Gasteiger charge is -2.59. The molecule has 0 aromatic heterocycles. The average Bonchev–Trinajstić information content (AvgIpc) is 3.05. The lowest BCUT2D eigenvalue weighted by molar-refractivity contribution is -0.173. The van der Waals surface area contributed by atoms with Crippen molar-refractivity contribution in [1.82, 2.24) is 0 Å². The summed E-state index contributed by atoms with van der Waals surface area (Å²) >= 11 is 0. The van der Waals surface area contributed by atoms with Gasteiger partial charge >= 0.3 is 0 Å². The zero-order chi connectivity index (χ0) is 22.8. The number of carbonyl (C=O) groups is 2. The second-order valence-electron chi connectivity index (χ2n) is 12.2. The number of carbonyl (C=O) groups excluding carboxylic acids is 2. The fourth-order valence-electron chi connectivity index (χ4n) is 7.78. The van der Waals surface area contributed by atoms with Crippen molar-refractivity contribution in [2.24, 2.45) is 46.3 Å². The maximum Gasteiger partial charge on any atom is 0.188 e. The highest BCUT2D eigenvalue weighted by atomic mass is 16.3. The van der Waals surface area contributed by atoms with Crippen molar-refractivity contribution in [3.63, 3.8) is 0 Å². The first kappa shape index (κ1) is 23.0. The molecule has 1 N–H and O–H groups in total. The van der Waals surface area contributed by atoms with Crippen LogP contribution in [-0.4, -0.2) is 22.3 Å². The van der Waals surface area contributed by atoms with Gasteiger partial charge < -0.3 is 5.11 Å². The van der Waals surface area contributed by atoms with Gasteiger partial charge in [-0.25, -0.2) is 0 Å². The Morgan fingerprint density at radius 3 is 2.39 bits per heavy atom. The van der Waals surface area contributed by atoms with Crippen LogP contribution in [0.15, 0.2) is 23.8 Å². The first-order chi connectivity index (χ1) is 14.4. The monoisotopic (exact) mass is 426 g/mol. The van der Waals surface area contributed by atoms with E-state index in [0.717, 1.165) is 19.3 Å². The predicted octanol–water partition coefficient (Wildman–Crippen LogP) is 5.91. The maximum absolute atomic E-state index is 13.2. The Labute approximate surface area is 188 Å². The van der Waals surface area contributed by atoms with Gasteiger partial charge in [0.05, 0.1) is 0 Å². The molecule has 2 unspecified atom stereocenters. The van der Waals surface area contributed by atoms with Gasteiger partial charge in [-0.05, 0) is 79.1 Å². The molecule has 8 atom stereocenters. The van der Waals surface area contributed by atoms with Crippen LogP contribution in [0.2, 0.25) is 0 Å². The number of rotatable bonds is 4. The summed E-state index contributed by atoms with van der Waals surface area (Å²) in [7, 11) is 0. The van der Waals surface area contributed by atoms with E-state index in [2.05, 4.69) is 53.7 Å². The zero-order valence-electron chi connectivity index (χ0n) is 20.4. The standard InChI is InChI=1S/C28H42O3/c1-17(2)18(3)7-8-19(4)22-9-10-23-21-15-25(30)28(31)16-20(29)11-14-27(28,6)24(21)12-13-26(22,23)5/h7-8,15,17-19,22-24,31H,9-14,16H2,1-6H3/b8-7+/t18-,19+,22+,23?,24?,26+,27+,28-/m0/s1. The van der Waals surface area contributed by atoms with Gasteiger partial charge in [-0.3, -0.25) is 9.59 Å². The van der Waals surface area contributed by atoms with Crippen LogP contribution >= 0.6 is 0 Å². The van der Waals surface area contributed by atoms with E-state index in [-0.39, 0.29) is 29.3 Å². The van der Waals surface area contributed by atoms with Crippen molar-refractivity contribution in [2.45, 2.75) is 92.1 Å². The molecule has 0 spiro atoms. The normalized spacial score (nSPS) is 44.6. The number of aliphatic hydroxyl groups is 1. The highest BCUT2D eigenvalue weighted by Gasteiger charge is 2.65. The topological polar surface area (TPSA) is 54.4 Å². The van der Waals surface area contributed by atoms with E-state index < -0.39 is 11.0 Å². The number of hydrogen-bond donors (Lipinski definition) is 1. The molecule has 3 heteroatoms. The second-order valence-corrected chi connectivity index (χ2v) is 12.2. The van der Waals surface area contributed by atoms with E-state index in [4.69, 9.17) is 0 Å². The molecule has 0 radical (unpaired) electrons. The van der Waals surface area contributed by atoms with Crippen LogP contribution in [0.3, 0.4) is 0 Å². The third-order valence-corrected chi connectivity index (χ3v) is 10.4. The SMILES string of the molecule is CC(C)[C@@H](C)/C=C/[C@@H](C)[C@H]1CCC2C3=CC(=O)[C@@]4(O)CC(=O)CC[C@]4(C)C3CC[C@@]21C. The maximum atomic E-state index is 13.2. The quantitative estimate of drug-likeness (QED) is 0.568. The molecule has 0 saturated heterocycles. The Bertz CT molecular complexity index is 822. The van der Waals surface area contributed by atoms with Gasteiger partial charge in [-0.2, -0.15) is 0 Å². The Kier molecular flexibility index (Phi) is 5.69. The summed E-state index contributed by atoms with van der Waals surface area (Å²) in [5, 5.41) is 11.4. The number of ketones is 2. The molecule has 3 nitrogen and oxygen atoms in total. The molecule has 0 aromatic rings. The summed E-state index contributed by atoms with van der Waals surface area (Å²) in [6, 6.07) is 0. The Balaban J connectivity index is 1.63. The van der Waals surface area contributed by atoms with E-state index >= 15 is 0 Å². The molecular formula is C28H42O3. The van der Waals surface area contributed by atoms with Crippen molar-refractivity contribution < 1.29 is 14.7 Å². The molecule has 4 aliphatic carbocycles. The summed E-state index contributed by atoms with van der Waals surface area (Å²) < 4.78 is 0. The molecule has 4 rings (SSSR count). The molecule has 31 heavy (non-hydrogen) atoms. The van der Waals surface area contributed by atoms with Crippen molar-refractivity contribution in [3.8, 4) is 0 Å². The molecular weight excluding hydrogens is 384 g/mol. The van der Waals surface area contributed by atoms with Crippen LogP contribution in [0, 0.1) is 46.3 Å². The Morgan fingerprint density at radius 2 is 1.71 bits per heavy atom. The van der Waals surface area contributed by atoms with Crippen molar-refractivity contribution >= 4 is 11.6 Å². The number of hydrogen-bond acceptors (Lipinski definition) is 3. The van der Waals surface area contributed by atoms with Gasteiger partial charge in [0.2, 0.25) is 0 Å². The first-order valence-electron chi connectivity index (χ1n) is 12.6. The zero-order valence-corrected chi connectivity index (χ0v) is 20.4. The van der Waals surface area contributed by atoms with Crippen LogP contribution < -0.4 is 0 Å². The van der Waals surface area contributed by atoms with Crippen molar-refractivity contribution in [3.05, 3.63) is 23.8 Å². The average molecular weight is 427 g/mol. The van der Waals surface area contributed by atoms with Crippen molar-refractivity contribution in [2.75, 3.05) is 0 Å². The fourth-order valence-corrected chi connectivity index (χ4v) is 7.78. The minimum absolute atomic E-state index is 0.00301. The minimum Gasteiger partial charge on any atom is -0.381 e. The van der Waals surface area contributed by atoms with E-state index in [9.17, 15) is 14.7 Å². The Hall–Kier alpha value is -1.22. The van der Waals surface area contributed by atoms with E-state index in [1.807, 2.05) is 0 Å². The van der Waals surface area contributed by atoms with E-state index in [1.54, 1.807) is 6.08 Å². The molecule has 4 aliphatic rings. The molecule has 0 heterocycles. The van der Waals surface area contributed by atoms with Crippen LogP contribution in [0.1, 0.15) is 86.5 Å². The summed E-state index contributed by atoms with van der Waals surface area (Å²) in [5.41, 5.74) is -0.483. The smallest absolute Gasteiger partial charge is 0.188 e. The lowest BCUT2D eigenvalue weighted by atomic mass is 9.46. The Morgan fingerprint density at radius 1 is 1.00 bits per heavy atom. The number of allylic oxidation sites excluding steroid dienone is 3. The third kappa shape index (κ3) is 3.33. The summed E-state index contributed by atoms with van der Waals surface area (Å²) in [6.07, 6.45) is 12.3. The van der Waals surface area contributed by atoms with E-state index in [0.29, 0.717) is 42.4 Å². The van der Waals surface area contributed by atoms with Crippen LogP contribution in [0.25, 0.3) is 0 Å². The van der Waals surface area contributed by atoms with Gasteiger partial charge in [0.15, 0.2) is 5.78 Å². The van der Waals surface area contributed by atoms with Crippen LogP contribution in [0.4, 0.5) is 0 Å². The van der Waals surface area contributed by atoms with Crippen molar-refractivity contribution in [1.29, 1.82) is 0 Å². The molecule has 0 amide bonds. The van der Waals surface area contributed by atoms with Gasteiger partial charge in [-0.1, -0.05) is 59.3 Å². The lowest BCUT2D eigenvalue weighted by Crippen LogP contribution is -2.63. The summed E-state index contributed by atoms with van der Waals surface area (Å²) in [6.45, 7) is 13.8. The molecule has 3 saturated carbocycles. The third-order valence-electron chi connectivity index (χ3n) is 10.4. The second kappa shape index (κ2) is 7.68. The first-order valence-corrected chi connectivity index (χ1v) is 12.6. The van der Waals surface area contributed by atoms with Gasteiger partial charge in [0.25, 0.3) is 0 Å². The highest BCUT2D eigenvalue weighted by Crippen LogP contribution is 2.66. The van der Waals surface area contributed by atoms with E-state index in [1.165, 1.54) is 12.0 Å². The van der Waals surface area contributed by atoms with Crippen LogP contribution in [-0.2, 0) is 9.59 Å². The predicted molar refractivity (Wildman–Crippen MR) is 124 cm³/mol. The molecule has 3 fully saturated rings. The minimum atomic E-state index is -1.49. The highest BCUT2D eigenvalue weighted by molar-refractivity contribution is 6.03. The molecule has 172 valence electrons. The van der Waals surface area contributed by atoms with Gasteiger partial charge in [0.1, 0.15) is 11.4 Å².